The van der Waals surface area contributed by atoms with Crippen LogP contribution in [0, 0.1) is 13.8 Å². The van der Waals surface area contributed by atoms with Crippen molar-refractivity contribution in [2.75, 3.05) is 26.2 Å². The zero-order valence-electron chi connectivity index (χ0n) is 10.0. The summed E-state index contributed by atoms with van der Waals surface area (Å²) in [6, 6.07) is 0. The molecule has 1 aromatic heterocycles. The fraction of sp³-hybridized carbons (Fsp3) is 0.727. The summed E-state index contributed by atoms with van der Waals surface area (Å²) in [5.41, 5.74) is 9.22. The van der Waals surface area contributed by atoms with E-state index in [9.17, 15) is 0 Å². The van der Waals surface area contributed by atoms with Gasteiger partial charge in [0.2, 0.25) is 0 Å². The van der Waals surface area contributed by atoms with Crippen molar-refractivity contribution < 1.29 is 0 Å². The molecule has 1 rings (SSSR count). The van der Waals surface area contributed by atoms with E-state index < -0.39 is 0 Å². The lowest BCUT2D eigenvalue weighted by molar-refractivity contribution is 0.300. The first-order valence-corrected chi connectivity index (χ1v) is 5.61. The molecule has 0 saturated carbocycles. The molecule has 0 aliphatic carbocycles. The minimum atomic E-state index is 0.733. The summed E-state index contributed by atoms with van der Waals surface area (Å²) in [5.74, 6) is 0. The summed E-state index contributed by atoms with van der Waals surface area (Å²) < 4.78 is 0. The number of hydrogen-bond acceptors (Lipinski definition) is 3. The van der Waals surface area contributed by atoms with Gasteiger partial charge in [-0.15, -0.1) is 0 Å². The quantitative estimate of drug-likeness (QED) is 0.732. The lowest BCUT2D eigenvalue weighted by atomic mass is 10.1. The fourth-order valence-electron chi connectivity index (χ4n) is 1.82. The van der Waals surface area contributed by atoms with E-state index in [2.05, 4.69) is 35.9 Å². The van der Waals surface area contributed by atoms with Crippen LogP contribution in [0.3, 0.4) is 0 Å². The first-order chi connectivity index (χ1) is 7.19. The van der Waals surface area contributed by atoms with Gasteiger partial charge >= 0.3 is 0 Å². The Balaban J connectivity index is 2.48. The number of nitrogens with zero attached hydrogens (tertiary/aromatic N) is 2. The van der Waals surface area contributed by atoms with Gasteiger partial charge in [-0.05, 0) is 32.4 Å². The Morgan fingerprint density at radius 3 is 2.53 bits per heavy atom. The highest BCUT2D eigenvalue weighted by molar-refractivity contribution is 5.23. The third-order valence-electron chi connectivity index (χ3n) is 2.85. The van der Waals surface area contributed by atoms with Crippen LogP contribution < -0.4 is 5.73 Å². The standard InChI is InChI=1S/C11H22N4/c1-4-15(8-6-12)7-5-11-9(2)13-14-10(11)3/h4-8,12H2,1-3H3,(H,13,14). The van der Waals surface area contributed by atoms with Gasteiger partial charge < -0.3 is 10.6 Å². The van der Waals surface area contributed by atoms with Crippen LogP contribution in [0.5, 0.6) is 0 Å². The smallest absolute Gasteiger partial charge is 0.0626 e. The van der Waals surface area contributed by atoms with Crippen molar-refractivity contribution in [2.45, 2.75) is 27.2 Å². The highest BCUT2D eigenvalue weighted by Crippen LogP contribution is 2.10. The Bertz CT molecular complexity index is 273. The van der Waals surface area contributed by atoms with Gasteiger partial charge in [0.1, 0.15) is 0 Å². The lowest BCUT2D eigenvalue weighted by Crippen LogP contribution is -2.31. The van der Waals surface area contributed by atoms with Crippen molar-refractivity contribution in [3.05, 3.63) is 17.0 Å². The molecular formula is C11H22N4. The Morgan fingerprint density at radius 1 is 1.33 bits per heavy atom. The number of aryl methyl sites for hydroxylation is 2. The van der Waals surface area contributed by atoms with E-state index >= 15 is 0 Å². The molecule has 15 heavy (non-hydrogen) atoms. The zero-order chi connectivity index (χ0) is 11.3. The molecule has 1 aromatic rings. The summed E-state index contributed by atoms with van der Waals surface area (Å²) in [6.45, 7) is 10.1. The summed E-state index contributed by atoms with van der Waals surface area (Å²) in [6.07, 6.45) is 1.06. The van der Waals surface area contributed by atoms with E-state index in [4.69, 9.17) is 5.73 Å². The average Bonchev–Trinajstić information content (AvgIpc) is 2.54. The van der Waals surface area contributed by atoms with E-state index in [1.54, 1.807) is 0 Å². The van der Waals surface area contributed by atoms with E-state index in [1.165, 1.54) is 11.3 Å². The van der Waals surface area contributed by atoms with Crippen molar-refractivity contribution in [1.82, 2.24) is 15.1 Å². The molecule has 4 heteroatoms. The van der Waals surface area contributed by atoms with Crippen LogP contribution in [0.4, 0.5) is 0 Å². The molecule has 0 amide bonds. The first-order valence-electron chi connectivity index (χ1n) is 5.61. The van der Waals surface area contributed by atoms with Crippen molar-refractivity contribution in [3.63, 3.8) is 0 Å². The second-order valence-electron chi connectivity index (χ2n) is 3.89. The Hall–Kier alpha value is -0.870. The number of nitrogens with one attached hydrogen (secondary N) is 1. The molecule has 4 nitrogen and oxygen atoms in total. The van der Waals surface area contributed by atoms with Crippen molar-refractivity contribution in [2.24, 2.45) is 5.73 Å². The van der Waals surface area contributed by atoms with Gasteiger partial charge in [-0.25, -0.2) is 0 Å². The number of H-pyrrole nitrogens is 1. The molecule has 0 unspecified atom stereocenters. The van der Waals surface area contributed by atoms with Gasteiger partial charge in [0.05, 0.1) is 5.69 Å². The molecule has 0 aliphatic rings. The molecule has 0 spiro atoms. The predicted octanol–water partition coefficient (Wildman–Crippen LogP) is 0.850. The van der Waals surface area contributed by atoms with E-state index in [1.807, 2.05) is 0 Å². The second kappa shape index (κ2) is 5.88. The van der Waals surface area contributed by atoms with E-state index in [0.29, 0.717) is 0 Å². The van der Waals surface area contributed by atoms with Crippen LogP contribution >= 0.6 is 0 Å². The summed E-state index contributed by atoms with van der Waals surface area (Å²) in [4.78, 5) is 2.37. The summed E-state index contributed by atoms with van der Waals surface area (Å²) >= 11 is 0. The molecule has 1 heterocycles. The summed E-state index contributed by atoms with van der Waals surface area (Å²) in [7, 11) is 0. The van der Waals surface area contributed by atoms with Gasteiger partial charge in [-0.3, -0.25) is 5.10 Å². The maximum atomic E-state index is 5.55. The minimum absolute atomic E-state index is 0.733. The first kappa shape index (κ1) is 12.2. The molecule has 0 aliphatic heterocycles. The monoisotopic (exact) mass is 210 g/mol. The maximum Gasteiger partial charge on any atom is 0.0626 e. The van der Waals surface area contributed by atoms with Gasteiger partial charge in [-0.2, -0.15) is 5.10 Å². The van der Waals surface area contributed by atoms with Crippen LogP contribution in [0.25, 0.3) is 0 Å². The SMILES string of the molecule is CCN(CCN)CCc1c(C)n[nH]c1C. The molecule has 0 fully saturated rings. The zero-order valence-corrected chi connectivity index (χ0v) is 10.0. The number of hydrogen-bond donors (Lipinski definition) is 2. The number of rotatable bonds is 6. The molecule has 0 aromatic carbocycles. The molecule has 86 valence electrons. The van der Waals surface area contributed by atoms with Crippen LogP contribution in [-0.2, 0) is 6.42 Å². The highest BCUT2D eigenvalue weighted by atomic mass is 15.1. The van der Waals surface area contributed by atoms with E-state index in [-0.39, 0.29) is 0 Å². The molecule has 0 atom stereocenters. The van der Waals surface area contributed by atoms with Gasteiger partial charge in [0.25, 0.3) is 0 Å². The normalized spacial score (nSPS) is 11.3. The number of aromatic nitrogens is 2. The maximum absolute atomic E-state index is 5.55. The average molecular weight is 210 g/mol. The van der Waals surface area contributed by atoms with Gasteiger partial charge in [0, 0.05) is 25.3 Å². The third-order valence-corrected chi connectivity index (χ3v) is 2.85. The van der Waals surface area contributed by atoms with Gasteiger partial charge in [-0.1, -0.05) is 6.92 Å². The third kappa shape index (κ3) is 3.32. The van der Waals surface area contributed by atoms with Crippen LogP contribution in [0.1, 0.15) is 23.9 Å². The highest BCUT2D eigenvalue weighted by Gasteiger charge is 2.08. The van der Waals surface area contributed by atoms with Crippen molar-refractivity contribution in [3.8, 4) is 0 Å². The van der Waals surface area contributed by atoms with Gasteiger partial charge in [0.15, 0.2) is 0 Å². The Kier molecular flexibility index (Phi) is 4.78. The molecule has 3 N–H and O–H groups in total. The summed E-state index contributed by atoms with van der Waals surface area (Å²) in [5, 5.41) is 7.22. The molecule has 0 bridgehead atoms. The molecular weight excluding hydrogens is 188 g/mol. The minimum Gasteiger partial charge on any atom is -0.329 e. The Labute approximate surface area is 91.8 Å². The fourth-order valence-corrected chi connectivity index (χ4v) is 1.82. The lowest BCUT2D eigenvalue weighted by Gasteiger charge is -2.19. The Morgan fingerprint density at radius 2 is 2.07 bits per heavy atom. The molecule has 0 saturated heterocycles. The number of likely N-dealkylation sites (N-methyl/N-ethyl adjacent to an activating group) is 1. The number of nitrogens with two attached hydrogens (primary N) is 1. The van der Waals surface area contributed by atoms with Crippen molar-refractivity contribution >= 4 is 0 Å². The van der Waals surface area contributed by atoms with Crippen LogP contribution in [-0.4, -0.2) is 41.3 Å². The largest absolute Gasteiger partial charge is 0.329 e. The molecule has 0 radical (unpaired) electrons. The topological polar surface area (TPSA) is 57.9 Å². The van der Waals surface area contributed by atoms with Crippen molar-refractivity contribution in [1.29, 1.82) is 0 Å². The van der Waals surface area contributed by atoms with Crippen LogP contribution in [0.15, 0.2) is 0 Å². The van der Waals surface area contributed by atoms with E-state index in [0.717, 1.165) is 38.3 Å². The predicted molar refractivity (Wildman–Crippen MR) is 62.9 cm³/mol. The second-order valence-corrected chi connectivity index (χ2v) is 3.89. The van der Waals surface area contributed by atoms with Crippen LogP contribution in [0.2, 0.25) is 0 Å². The number of aromatic amines is 1.